The number of hydrogen-bond donors (Lipinski definition) is 2. The van der Waals surface area contributed by atoms with Gasteiger partial charge in [0, 0.05) is 38.6 Å². The van der Waals surface area contributed by atoms with Gasteiger partial charge in [0.25, 0.3) is 5.91 Å². The monoisotopic (exact) mass is 295 g/mol. The van der Waals surface area contributed by atoms with Crippen LogP contribution < -0.4 is 5.32 Å². The van der Waals surface area contributed by atoms with Gasteiger partial charge in [-0.3, -0.25) is 14.3 Å². The number of aliphatic carboxylic acids is 1. The molecule has 1 amide bonds. The number of aryl methyl sites for hydroxylation is 2. The molecule has 2 rings (SSSR count). The molecular weight excluding hydrogens is 274 g/mol. The van der Waals surface area contributed by atoms with E-state index in [0.717, 1.165) is 18.4 Å². The maximum absolute atomic E-state index is 12.1. The molecule has 7 nitrogen and oxygen atoms in total. The van der Waals surface area contributed by atoms with E-state index in [-0.39, 0.29) is 18.4 Å². The first-order valence-corrected chi connectivity index (χ1v) is 7.08. The van der Waals surface area contributed by atoms with E-state index in [9.17, 15) is 14.7 Å². The molecule has 1 aromatic rings. The number of amides is 1. The average molecular weight is 295 g/mol. The summed E-state index contributed by atoms with van der Waals surface area (Å²) >= 11 is 0. The van der Waals surface area contributed by atoms with Crippen molar-refractivity contribution in [2.24, 2.45) is 18.9 Å². The lowest BCUT2D eigenvalue weighted by molar-refractivity contribution is -0.144. The summed E-state index contributed by atoms with van der Waals surface area (Å²) in [5.74, 6) is -1.74. The maximum Gasteiger partial charge on any atom is 0.308 e. The Balaban J connectivity index is 1.96. The van der Waals surface area contributed by atoms with Gasteiger partial charge in [0.2, 0.25) is 0 Å². The highest BCUT2D eigenvalue weighted by molar-refractivity contribution is 5.93. The quantitative estimate of drug-likeness (QED) is 0.829. The minimum Gasteiger partial charge on any atom is -0.481 e. The predicted octanol–water partition coefficient (Wildman–Crippen LogP) is 0.586. The van der Waals surface area contributed by atoms with Crippen molar-refractivity contribution < 1.29 is 19.4 Å². The van der Waals surface area contributed by atoms with Gasteiger partial charge in [-0.15, -0.1) is 0 Å². The Kier molecular flexibility index (Phi) is 4.95. The molecule has 1 fully saturated rings. The molecule has 2 N–H and O–H groups in total. The minimum absolute atomic E-state index is 0.0429. The van der Waals surface area contributed by atoms with Gasteiger partial charge in [0.1, 0.15) is 0 Å². The van der Waals surface area contributed by atoms with Crippen molar-refractivity contribution in [1.29, 1.82) is 0 Å². The van der Waals surface area contributed by atoms with Crippen molar-refractivity contribution in [2.75, 3.05) is 19.8 Å². The summed E-state index contributed by atoms with van der Waals surface area (Å²) in [6, 6.07) is 0. The topological polar surface area (TPSA) is 93.5 Å². The summed E-state index contributed by atoms with van der Waals surface area (Å²) in [5.41, 5.74) is 1.11. The van der Waals surface area contributed by atoms with Gasteiger partial charge in [0.05, 0.1) is 5.92 Å². The van der Waals surface area contributed by atoms with E-state index in [1.165, 1.54) is 0 Å². The summed E-state index contributed by atoms with van der Waals surface area (Å²) in [6.07, 6.45) is 3.19. The molecule has 0 spiro atoms. The number of rotatable bonds is 5. The molecule has 1 unspecified atom stereocenters. The first-order valence-electron chi connectivity index (χ1n) is 7.08. The predicted molar refractivity (Wildman–Crippen MR) is 74.9 cm³/mol. The van der Waals surface area contributed by atoms with E-state index in [1.54, 1.807) is 24.9 Å². The Hall–Kier alpha value is -1.89. The SMILES string of the molecule is Cc1cn(C)nc1C(=O)NCC(C(=O)O)C1CCOCC1. The zero-order valence-corrected chi connectivity index (χ0v) is 12.3. The Morgan fingerprint density at radius 1 is 1.52 bits per heavy atom. The number of hydrogen-bond acceptors (Lipinski definition) is 4. The van der Waals surface area contributed by atoms with Crippen LogP contribution in [0.4, 0.5) is 0 Å². The Labute approximate surface area is 123 Å². The van der Waals surface area contributed by atoms with Crippen LogP contribution in [0.5, 0.6) is 0 Å². The van der Waals surface area contributed by atoms with Gasteiger partial charge in [-0.25, -0.2) is 0 Å². The highest BCUT2D eigenvalue weighted by atomic mass is 16.5. The van der Waals surface area contributed by atoms with Crippen LogP contribution in [0.3, 0.4) is 0 Å². The number of ether oxygens (including phenoxy) is 1. The fraction of sp³-hybridized carbons (Fsp3) is 0.643. The number of aromatic nitrogens is 2. The van der Waals surface area contributed by atoms with Gasteiger partial charge in [-0.05, 0) is 25.7 Å². The van der Waals surface area contributed by atoms with E-state index >= 15 is 0 Å². The number of carbonyl (C=O) groups excluding carboxylic acids is 1. The third kappa shape index (κ3) is 3.81. The van der Waals surface area contributed by atoms with Crippen LogP contribution in [0.15, 0.2) is 6.20 Å². The zero-order chi connectivity index (χ0) is 15.4. The maximum atomic E-state index is 12.1. The Bertz CT molecular complexity index is 520. The highest BCUT2D eigenvalue weighted by Crippen LogP contribution is 2.23. The van der Waals surface area contributed by atoms with Crippen LogP contribution in [-0.2, 0) is 16.6 Å². The van der Waals surface area contributed by atoms with Gasteiger partial charge in [-0.1, -0.05) is 0 Å². The fourth-order valence-corrected chi connectivity index (χ4v) is 2.69. The number of nitrogens with zero attached hydrogens (tertiary/aromatic N) is 2. The van der Waals surface area contributed by atoms with E-state index in [1.807, 2.05) is 0 Å². The molecule has 7 heteroatoms. The molecule has 1 aliphatic heterocycles. The number of carboxylic acid groups (broad SMARTS) is 1. The second kappa shape index (κ2) is 6.71. The molecule has 0 radical (unpaired) electrons. The Morgan fingerprint density at radius 2 is 2.19 bits per heavy atom. The second-order valence-corrected chi connectivity index (χ2v) is 5.44. The first-order chi connectivity index (χ1) is 9.99. The van der Waals surface area contributed by atoms with Crippen LogP contribution in [0.1, 0.15) is 28.9 Å². The average Bonchev–Trinajstić information content (AvgIpc) is 2.78. The first kappa shape index (κ1) is 15.5. The van der Waals surface area contributed by atoms with E-state index in [4.69, 9.17) is 4.74 Å². The van der Waals surface area contributed by atoms with Crippen LogP contribution in [0.2, 0.25) is 0 Å². The van der Waals surface area contributed by atoms with Crippen molar-refractivity contribution in [1.82, 2.24) is 15.1 Å². The van der Waals surface area contributed by atoms with E-state index < -0.39 is 11.9 Å². The third-order valence-corrected chi connectivity index (χ3v) is 3.86. The lowest BCUT2D eigenvalue weighted by Crippen LogP contribution is -2.39. The largest absolute Gasteiger partial charge is 0.481 e. The Morgan fingerprint density at radius 3 is 2.71 bits per heavy atom. The summed E-state index contributed by atoms with van der Waals surface area (Å²) in [4.78, 5) is 23.5. The van der Waals surface area contributed by atoms with Crippen LogP contribution in [-0.4, -0.2) is 46.5 Å². The van der Waals surface area contributed by atoms with Crippen LogP contribution in [0, 0.1) is 18.8 Å². The van der Waals surface area contributed by atoms with Crippen molar-refractivity contribution in [3.05, 3.63) is 17.5 Å². The number of carbonyl (C=O) groups is 2. The minimum atomic E-state index is -0.875. The van der Waals surface area contributed by atoms with Gasteiger partial charge in [0.15, 0.2) is 5.69 Å². The molecule has 0 aliphatic carbocycles. The van der Waals surface area contributed by atoms with Crippen molar-refractivity contribution >= 4 is 11.9 Å². The molecule has 1 saturated heterocycles. The summed E-state index contributed by atoms with van der Waals surface area (Å²) in [7, 11) is 1.74. The molecule has 1 aromatic heterocycles. The molecule has 0 aromatic carbocycles. The van der Waals surface area contributed by atoms with Crippen molar-refractivity contribution in [2.45, 2.75) is 19.8 Å². The fourth-order valence-electron chi connectivity index (χ4n) is 2.69. The summed E-state index contributed by atoms with van der Waals surface area (Å²) < 4.78 is 6.82. The molecule has 116 valence electrons. The smallest absolute Gasteiger partial charge is 0.308 e. The standard InChI is InChI=1S/C14H21N3O4/c1-9-8-17(2)16-12(9)13(18)15-7-11(14(19)20)10-3-5-21-6-4-10/h8,10-11H,3-7H2,1-2H3,(H,15,18)(H,19,20). The highest BCUT2D eigenvalue weighted by Gasteiger charge is 2.30. The lowest BCUT2D eigenvalue weighted by atomic mass is 9.86. The summed E-state index contributed by atoms with van der Waals surface area (Å²) in [5, 5.41) is 16.1. The normalized spacial score (nSPS) is 17.4. The third-order valence-electron chi connectivity index (χ3n) is 3.86. The van der Waals surface area contributed by atoms with Gasteiger partial charge in [-0.2, -0.15) is 5.10 Å². The van der Waals surface area contributed by atoms with Crippen molar-refractivity contribution in [3.63, 3.8) is 0 Å². The molecular formula is C14H21N3O4. The molecule has 2 heterocycles. The summed E-state index contributed by atoms with van der Waals surface area (Å²) in [6.45, 7) is 3.09. The van der Waals surface area contributed by atoms with Gasteiger partial charge < -0.3 is 15.2 Å². The lowest BCUT2D eigenvalue weighted by Gasteiger charge is -2.27. The molecule has 1 aliphatic rings. The molecule has 0 bridgehead atoms. The molecule has 0 saturated carbocycles. The van der Waals surface area contributed by atoms with Crippen LogP contribution in [0.25, 0.3) is 0 Å². The van der Waals surface area contributed by atoms with E-state index in [0.29, 0.717) is 18.9 Å². The molecule has 1 atom stereocenters. The zero-order valence-electron chi connectivity index (χ0n) is 12.3. The van der Waals surface area contributed by atoms with Crippen LogP contribution >= 0.6 is 0 Å². The molecule has 21 heavy (non-hydrogen) atoms. The number of carboxylic acids is 1. The van der Waals surface area contributed by atoms with Crippen molar-refractivity contribution in [3.8, 4) is 0 Å². The second-order valence-electron chi connectivity index (χ2n) is 5.44. The van der Waals surface area contributed by atoms with Gasteiger partial charge >= 0.3 is 5.97 Å². The van der Waals surface area contributed by atoms with E-state index in [2.05, 4.69) is 10.4 Å². The number of nitrogens with one attached hydrogen (secondary N) is 1.